The van der Waals surface area contributed by atoms with Gasteiger partial charge in [0.25, 0.3) is 0 Å². The van der Waals surface area contributed by atoms with Crippen molar-refractivity contribution in [3.63, 3.8) is 0 Å². The molecule has 0 saturated heterocycles. The molecule has 1 aliphatic carbocycles. The third-order valence-electron chi connectivity index (χ3n) is 3.24. The summed E-state index contributed by atoms with van der Waals surface area (Å²) < 4.78 is 5.73. The number of rotatable bonds is 7. The van der Waals surface area contributed by atoms with E-state index in [0.717, 1.165) is 18.0 Å². The molecule has 0 radical (unpaired) electrons. The predicted molar refractivity (Wildman–Crippen MR) is 97.4 cm³/mol. The van der Waals surface area contributed by atoms with Crippen LogP contribution >= 0.6 is 23.1 Å². The number of nitrogens with zero attached hydrogens (tertiary/aromatic N) is 2. The molecule has 3 rings (SSSR count). The van der Waals surface area contributed by atoms with E-state index >= 15 is 0 Å². The molecule has 0 bridgehead atoms. The second-order valence-electron chi connectivity index (χ2n) is 5.31. The Bertz CT molecular complexity index is 746. The number of anilines is 2. The van der Waals surface area contributed by atoms with E-state index < -0.39 is 11.9 Å². The Kier molecular flexibility index (Phi) is 5.71. The summed E-state index contributed by atoms with van der Waals surface area (Å²) in [5, 5.41) is 16.9. The summed E-state index contributed by atoms with van der Waals surface area (Å²) >= 11 is 2.65. The van der Waals surface area contributed by atoms with Crippen LogP contribution in [0.3, 0.4) is 0 Å². The Hall–Kier alpha value is -2.33. The van der Waals surface area contributed by atoms with Crippen molar-refractivity contribution >= 4 is 45.9 Å². The van der Waals surface area contributed by atoms with E-state index in [0.29, 0.717) is 21.8 Å². The quantitative estimate of drug-likeness (QED) is 0.635. The predicted octanol–water partition coefficient (Wildman–Crippen LogP) is 2.56. The van der Waals surface area contributed by atoms with Crippen molar-refractivity contribution in [2.24, 2.45) is 0 Å². The van der Waals surface area contributed by atoms with Gasteiger partial charge in [0.15, 0.2) is 4.34 Å². The number of carbonyl (C=O) groups is 2. The van der Waals surface area contributed by atoms with Gasteiger partial charge in [-0.05, 0) is 37.1 Å². The minimum atomic E-state index is -0.580. The lowest BCUT2D eigenvalue weighted by atomic mass is 10.3. The van der Waals surface area contributed by atoms with Gasteiger partial charge in [0.2, 0.25) is 11.0 Å². The molecule has 1 saturated carbocycles. The van der Waals surface area contributed by atoms with Gasteiger partial charge in [-0.2, -0.15) is 0 Å². The highest BCUT2D eigenvalue weighted by molar-refractivity contribution is 8.01. The van der Waals surface area contributed by atoms with E-state index in [2.05, 4.69) is 26.1 Å². The van der Waals surface area contributed by atoms with E-state index in [-0.39, 0.29) is 5.75 Å². The molecule has 1 aromatic heterocycles. The van der Waals surface area contributed by atoms with Crippen molar-refractivity contribution in [1.29, 1.82) is 0 Å². The minimum absolute atomic E-state index is 0.0914. The number of benzene rings is 1. The molecule has 1 heterocycles. The van der Waals surface area contributed by atoms with Crippen LogP contribution in [0, 0.1) is 0 Å². The standard InChI is InChI=1S/C15H17N5O3S2/c1-23-11-6-4-9(5-7-11)16-13(22)18-12(21)8-24-15-20-19-14(25-15)17-10-2-3-10/h4-7,10H,2-3,8H2,1H3,(H,17,19)(H2,16,18,21,22). The molecular formula is C15H17N5O3S2. The summed E-state index contributed by atoms with van der Waals surface area (Å²) in [7, 11) is 1.56. The highest BCUT2D eigenvalue weighted by Gasteiger charge is 2.22. The molecule has 2 aromatic rings. The van der Waals surface area contributed by atoms with Crippen LogP contribution < -0.4 is 20.7 Å². The van der Waals surface area contributed by atoms with Crippen molar-refractivity contribution in [1.82, 2.24) is 15.5 Å². The van der Waals surface area contributed by atoms with E-state index in [1.807, 2.05) is 0 Å². The SMILES string of the molecule is COc1ccc(NC(=O)NC(=O)CSc2nnc(NC3CC3)s2)cc1. The highest BCUT2D eigenvalue weighted by Crippen LogP contribution is 2.30. The first-order chi connectivity index (χ1) is 12.1. The Morgan fingerprint density at radius 3 is 2.72 bits per heavy atom. The molecule has 8 nitrogen and oxygen atoms in total. The zero-order valence-electron chi connectivity index (χ0n) is 13.4. The van der Waals surface area contributed by atoms with Crippen molar-refractivity contribution in [2.45, 2.75) is 23.2 Å². The molecule has 132 valence electrons. The van der Waals surface area contributed by atoms with Crippen molar-refractivity contribution in [3.05, 3.63) is 24.3 Å². The fourth-order valence-corrected chi connectivity index (χ4v) is 3.48. The molecule has 10 heteroatoms. The van der Waals surface area contributed by atoms with Gasteiger partial charge in [0.05, 0.1) is 12.9 Å². The number of urea groups is 1. The number of hydrogen-bond acceptors (Lipinski definition) is 8. The van der Waals surface area contributed by atoms with Gasteiger partial charge in [-0.25, -0.2) is 4.79 Å². The maximum Gasteiger partial charge on any atom is 0.325 e. The largest absolute Gasteiger partial charge is 0.497 e. The van der Waals surface area contributed by atoms with Crippen LogP contribution in [0.15, 0.2) is 28.6 Å². The maximum atomic E-state index is 11.8. The fourth-order valence-electron chi connectivity index (χ4n) is 1.86. The van der Waals surface area contributed by atoms with E-state index in [4.69, 9.17) is 4.74 Å². The van der Waals surface area contributed by atoms with Gasteiger partial charge < -0.3 is 15.4 Å². The smallest absolute Gasteiger partial charge is 0.325 e. The Morgan fingerprint density at radius 1 is 1.28 bits per heavy atom. The average molecular weight is 379 g/mol. The maximum absolute atomic E-state index is 11.8. The number of imide groups is 1. The number of hydrogen-bond donors (Lipinski definition) is 3. The topological polar surface area (TPSA) is 105 Å². The molecule has 3 N–H and O–H groups in total. The molecule has 0 spiro atoms. The summed E-state index contributed by atoms with van der Waals surface area (Å²) in [6, 6.07) is 6.74. The molecule has 0 unspecified atom stereocenters. The summed E-state index contributed by atoms with van der Waals surface area (Å²) in [6.07, 6.45) is 2.32. The van der Waals surface area contributed by atoms with Crippen LogP contribution in [0.1, 0.15) is 12.8 Å². The van der Waals surface area contributed by atoms with Crippen LogP contribution in [0.2, 0.25) is 0 Å². The van der Waals surface area contributed by atoms with Crippen LogP contribution in [0.25, 0.3) is 0 Å². The lowest BCUT2D eigenvalue weighted by molar-refractivity contribution is -0.117. The molecule has 0 atom stereocenters. The van der Waals surface area contributed by atoms with Crippen molar-refractivity contribution < 1.29 is 14.3 Å². The van der Waals surface area contributed by atoms with E-state index in [9.17, 15) is 9.59 Å². The number of amides is 3. The molecular weight excluding hydrogens is 362 g/mol. The third kappa shape index (κ3) is 5.61. The number of thioether (sulfide) groups is 1. The molecule has 3 amide bonds. The summed E-state index contributed by atoms with van der Waals surface area (Å²) in [6.45, 7) is 0. The van der Waals surface area contributed by atoms with Gasteiger partial charge in [0.1, 0.15) is 5.75 Å². The van der Waals surface area contributed by atoms with E-state index in [1.165, 1.54) is 23.1 Å². The number of nitrogens with one attached hydrogen (secondary N) is 3. The molecule has 25 heavy (non-hydrogen) atoms. The average Bonchev–Trinajstić information content (AvgIpc) is 3.30. The second kappa shape index (κ2) is 8.17. The van der Waals surface area contributed by atoms with Gasteiger partial charge in [-0.3, -0.25) is 10.1 Å². The van der Waals surface area contributed by atoms with Gasteiger partial charge in [-0.1, -0.05) is 23.1 Å². The Morgan fingerprint density at radius 2 is 2.04 bits per heavy atom. The van der Waals surface area contributed by atoms with Gasteiger partial charge in [-0.15, -0.1) is 10.2 Å². The lowest BCUT2D eigenvalue weighted by Gasteiger charge is -2.07. The Balaban J connectivity index is 1.40. The summed E-state index contributed by atoms with van der Waals surface area (Å²) in [5.74, 6) is 0.377. The number of aromatic nitrogens is 2. The van der Waals surface area contributed by atoms with Gasteiger partial charge >= 0.3 is 6.03 Å². The monoisotopic (exact) mass is 379 g/mol. The zero-order valence-corrected chi connectivity index (χ0v) is 15.1. The van der Waals surface area contributed by atoms with Crippen LogP contribution in [-0.4, -0.2) is 41.0 Å². The first kappa shape index (κ1) is 17.5. The first-order valence-electron chi connectivity index (χ1n) is 7.60. The lowest BCUT2D eigenvalue weighted by Crippen LogP contribution is -2.35. The van der Waals surface area contributed by atoms with Crippen LogP contribution in [-0.2, 0) is 4.79 Å². The normalized spacial score (nSPS) is 13.2. The fraction of sp³-hybridized carbons (Fsp3) is 0.333. The van der Waals surface area contributed by atoms with Crippen LogP contribution in [0.4, 0.5) is 15.6 Å². The van der Waals surface area contributed by atoms with E-state index in [1.54, 1.807) is 31.4 Å². The van der Waals surface area contributed by atoms with Crippen LogP contribution in [0.5, 0.6) is 5.75 Å². The summed E-state index contributed by atoms with van der Waals surface area (Å²) in [5.41, 5.74) is 0.568. The Labute approximate surface area is 152 Å². The van der Waals surface area contributed by atoms with Crippen molar-refractivity contribution in [2.75, 3.05) is 23.5 Å². The molecule has 1 aliphatic rings. The third-order valence-corrected chi connectivity index (χ3v) is 5.23. The molecule has 1 aromatic carbocycles. The first-order valence-corrected chi connectivity index (χ1v) is 9.40. The number of methoxy groups -OCH3 is 1. The van der Waals surface area contributed by atoms with Crippen molar-refractivity contribution in [3.8, 4) is 5.75 Å². The molecule has 0 aliphatic heterocycles. The summed E-state index contributed by atoms with van der Waals surface area (Å²) in [4.78, 5) is 23.6. The highest BCUT2D eigenvalue weighted by atomic mass is 32.2. The number of ether oxygens (including phenoxy) is 1. The van der Waals surface area contributed by atoms with Gasteiger partial charge in [0, 0.05) is 11.7 Å². The zero-order chi connectivity index (χ0) is 17.6. The second-order valence-corrected chi connectivity index (χ2v) is 7.51. The number of carbonyl (C=O) groups excluding carboxylic acids is 2. The minimum Gasteiger partial charge on any atom is -0.497 e. The molecule has 1 fully saturated rings.